The molecule has 98 valence electrons. The Morgan fingerprint density at radius 1 is 1.24 bits per heavy atom. The van der Waals surface area contributed by atoms with Gasteiger partial charge in [-0.2, -0.15) is 0 Å². The summed E-state index contributed by atoms with van der Waals surface area (Å²) in [6, 6.07) is 0. The summed E-state index contributed by atoms with van der Waals surface area (Å²) < 4.78 is 9.66. The van der Waals surface area contributed by atoms with Crippen LogP contribution < -0.4 is 0 Å². The molecule has 0 saturated heterocycles. The minimum absolute atomic E-state index is 0.00154. The van der Waals surface area contributed by atoms with E-state index < -0.39 is 0 Å². The maximum atomic E-state index is 11.1. The number of ether oxygens (including phenoxy) is 2. The van der Waals surface area contributed by atoms with Crippen molar-refractivity contribution in [1.29, 1.82) is 0 Å². The summed E-state index contributed by atoms with van der Waals surface area (Å²) in [6.45, 7) is 8.09. The van der Waals surface area contributed by atoms with Gasteiger partial charge < -0.3 is 9.47 Å². The largest absolute Gasteiger partial charge is 0.466 e. The number of allylic oxidation sites excluding steroid dienone is 1. The van der Waals surface area contributed by atoms with E-state index in [-0.39, 0.29) is 17.4 Å². The highest BCUT2D eigenvalue weighted by atomic mass is 16.5. The fraction of sp³-hybridized carbons (Fsp3) is 0.692. The van der Waals surface area contributed by atoms with Crippen LogP contribution in [0.25, 0.3) is 0 Å². The van der Waals surface area contributed by atoms with Crippen molar-refractivity contribution in [3.05, 3.63) is 12.2 Å². The summed E-state index contributed by atoms with van der Waals surface area (Å²) >= 11 is 0. The third-order valence-corrected chi connectivity index (χ3v) is 2.30. The van der Waals surface area contributed by atoms with E-state index in [0.29, 0.717) is 13.2 Å². The monoisotopic (exact) mass is 242 g/mol. The first-order valence-corrected chi connectivity index (χ1v) is 5.84. The van der Waals surface area contributed by atoms with Crippen LogP contribution in [0, 0.1) is 5.41 Å². The van der Waals surface area contributed by atoms with Crippen molar-refractivity contribution in [3.63, 3.8) is 0 Å². The Balaban J connectivity index is 3.91. The standard InChI is InChI=1S/C13H22O4/c1-5-16-12(15)7-6-8-13(3,4)9-10-17-11(2)14/h6-7H,5,8-10H2,1-4H3/b7-6-. The molecule has 4 nitrogen and oxygen atoms in total. The third kappa shape index (κ3) is 9.60. The zero-order valence-electron chi connectivity index (χ0n) is 11.1. The van der Waals surface area contributed by atoms with Crippen LogP contribution in [0.15, 0.2) is 12.2 Å². The first-order chi connectivity index (χ1) is 7.87. The maximum absolute atomic E-state index is 11.1. The quantitative estimate of drug-likeness (QED) is 0.508. The summed E-state index contributed by atoms with van der Waals surface area (Å²) in [5.41, 5.74) is -0.00154. The van der Waals surface area contributed by atoms with Crippen LogP contribution in [0.1, 0.15) is 40.5 Å². The molecule has 0 radical (unpaired) electrons. The fourth-order valence-electron chi connectivity index (χ4n) is 1.24. The van der Waals surface area contributed by atoms with Crippen molar-refractivity contribution in [2.75, 3.05) is 13.2 Å². The summed E-state index contributed by atoms with van der Waals surface area (Å²) in [5, 5.41) is 0. The Labute approximate surface area is 103 Å². The minimum atomic E-state index is -0.316. The molecule has 0 aromatic carbocycles. The number of carbonyl (C=O) groups is 2. The van der Waals surface area contributed by atoms with Crippen LogP contribution in [0.5, 0.6) is 0 Å². The molecule has 0 bridgehead atoms. The van der Waals surface area contributed by atoms with Crippen LogP contribution in [0.2, 0.25) is 0 Å². The highest BCUT2D eigenvalue weighted by Crippen LogP contribution is 2.25. The minimum Gasteiger partial charge on any atom is -0.466 e. The van der Waals surface area contributed by atoms with Gasteiger partial charge in [-0.25, -0.2) is 4.79 Å². The van der Waals surface area contributed by atoms with E-state index in [0.717, 1.165) is 12.8 Å². The van der Waals surface area contributed by atoms with Crippen LogP contribution in [-0.4, -0.2) is 25.2 Å². The topological polar surface area (TPSA) is 52.6 Å². The lowest BCUT2D eigenvalue weighted by atomic mass is 9.86. The lowest BCUT2D eigenvalue weighted by Crippen LogP contribution is -2.15. The molecule has 0 N–H and O–H groups in total. The molecule has 0 aliphatic heterocycles. The van der Waals surface area contributed by atoms with Gasteiger partial charge in [-0.05, 0) is 25.2 Å². The second-order valence-corrected chi connectivity index (χ2v) is 4.61. The average Bonchev–Trinajstić information content (AvgIpc) is 2.16. The molecule has 17 heavy (non-hydrogen) atoms. The highest BCUT2D eigenvalue weighted by molar-refractivity contribution is 5.81. The molecule has 0 spiro atoms. The highest BCUT2D eigenvalue weighted by Gasteiger charge is 2.16. The summed E-state index contributed by atoms with van der Waals surface area (Å²) in [5.74, 6) is -0.578. The van der Waals surface area contributed by atoms with Crippen LogP contribution in [0.3, 0.4) is 0 Å². The van der Waals surface area contributed by atoms with Gasteiger partial charge in [0.2, 0.25) is 0 Å². The smallest absolute Gasteiger partial charge is 0.330 e. The molecule has 0 aromatic heterocycles. The Kier molecular flexibility index (Phi) is 7.26. The van der Waals surface area contributed by atoms with Crippen LogP contribution in [0.4, 0.5) is 0 Å². The molecule has 0 heterocycles. The van der Waals surface area contributed by atoms with E-state index in [1.54, 1.807) is 13.0 Å². The Morgan fingerprint density at radius 3 is 2.41 bits per heavy atom. The summed E-state index contributed by atoms with van der Waals surface area (Å²) in [6.07, 6.45) is 4.75. The second-order valence-electron chi connectivity index (χ2n) is 4.61. The third-order valence-electron chi connectivity index (χ3n) is 2.30. The van der Waals surface area contributed by atoms with Crippen molar-refractivity contribution in [2.24, 2.45) is 5.41 Å². The maximum Gasteiger partial charge on any atom is 0.330 e. The van der Waals surface area contributed by atoms with Gasteiger partial charge in [-0.3, -0.25) is 4.79 Å². The molecule has 0 unspecified atom stereocenters. The van der Waals surface area contributed by atoms with Crippen molar-refractivity contribution < 1.29 is 19.1 Å². The van der Waals surface area contributed by atoms with E-state index in [9.17, 15) is 9.59 Å². The zero-order valence-corrected chi connectivity index (χ0v) is 11.1. The molecule has 0 rings (SSSR count). The number of hydrogen-bond acceptors (Lipinski definition) is 4. The molecule has 0 amide bonds. The SMILES string of the molecule is CCOC(=O)/C=C\CC(C)(C)CCOC(C)=O. The normalized spacial score (nSPS) is 11.5. The average molecular weight is 242 g/mol. The van der Waals surface area contributed by atoms with Gasteiger partial charge in [-0.1, -0.05) is 19.9 Å². The number of hydrogen-bond donors (Lipinski definition) is 0. The summed E-state index contributed by atoms with van der Waals surface area (Å²) in [7, 11) is 0. The number of rotatable bonds is 7. The van der Waals surface area contributed by atoms with Gasteiger partial charge >= 0.3 is 11.9 Å². The summed E-state index contributed by atoms with van der Waals surface area (Å²) in [4.78, 5) is 21.7. The number of esters is 2. The van der Waals surface area contributed by atoms with Crippen LogP contribution >= 0.6 is 0 Å². The van der Waals surface area contributed by atoms with Gasteiger partial charge in [0.15, 0.2) is 0 Å². The van der Waals surface area contributed by atoms with Crippen molar-refractivity contribution >= 4 is 11.9 Å². The first kappa shape index (κ1) is 15.7. The first-order valence-electron chi connectivity index (χ1n) is 5.84. The van der Waals surface area contributed by atoms with E-state index in [4.69, 9.17) is 9.47 Å². The van der Waals surface area contributed by atoms with E-state index in [1.807, 2.05) is 0 Å². The van der Waals surface area contributed by atoms with Gasteiger partial charge in [0.1, 0.15) is 0 Å². The van der Waals surface area contributed by atoms with Gasteiger partial charge in [-0.15, -0.1) is 0 Å². The van der Waals surface area contributed by atoms with Gasteiger partial charge in [0.25, 0.3) is 0 Å². The molecule has 0 aliphatic carbocycles. The Bertz CT molecular complexity index is 279. The molecule has 0 aromatic rings. The second kappa shape index (κ2) is 7.87. The van der Waals surface area contributed by atoms with Crippen LogP contribution in [-0.2, 0) is 19.1 Å². The van der Waals surface area contributed by atoms with Crippen molar-refractivity contribution in [3.8, 4) is 0 Å². The Hall–Kier alpha value is -1.32. The van der Waals surface area contributed by atoms with Gasteiger partial charge in [0.05, 0.1) is 13.2 Å². The van der Waals surface area contributed by atoms with E-state index >= 15 is 0 Å². The van der Waals surface area contributed by atoms with Crippen molar-refractivity contribution in [2.45, 2.75) is 40.5 Å². The van der Waals surface area contributed by atoms with Crippen molar-refractivity contribution in [1.82, 2.24) is 0 Å². The van der Waals surface area contributed by atoms with Gasteiger partial charge in [0, 0.05) is 13.0 Å². The molecular formula is C13H22O4. The predicted molar refractivity (Wildman–Crippen MR) is 65.4 cm³/mol. The Morgan fingerprint density at radius 2 is 1.88 bits per heavy atom. The number of carbonyl (C=O) groups excluding carboxylic acids is 2. The van der Waals surface area contributed by atoms with E-state index in [2.05, 4.69) is 13.8 Å². The molecule has 4 heteroatoms. The van der Waals surface area contributed by atoms with E-state index in [1.165, 1.54) is 13.0 Å². The zero-order chi connectivity index (χ0) is 13.3. The fourth-order valence-corrected chi connectivity index (χ4v) is 1.24. The molecular weight excluding hydrogens is 220 g/mol. The lowest BCUT2D eigenvalue weighted by molar-refractivity contribution is -0.141. The molecule has 0 atom stereocenters. The lowest BCUT2D eigenvalue weighted by Gasteiger charge is -2.22. The molecule has 0 aliphatic rings. The molecule has 0 saturated carbocycles. The molecule has 0 fully saturated rings. The predicted octanol–water partition coefficient (Wildman–Crippen LogP) is 2.48.